The van der Waals surface area contributed by atoms with E-state index in [-0.39, 0.29) is 12.4 Å². The summed E-state index contributed by atoms with van der Waals surface area (Å²) in [5.74, 6) is 1.26. The smallest absolute Gasteiger partial charge is 0.190 e. The first-order valence-corrected chi connectivity index (χ1v) is 7.61. The van der Waals surface area contributed by atoms with Crippen LogP contribution in [0.3, 0.4) is 0 Å². The van der Waals surface area contributed by atoms with Gasteiger partial charge in [0.2, 0.25) is 0 Å². The summed E-state index contributed by atoms with van der Waals surface area (Å²) in [5.41, 5.74) is 2.55. The molecule has 0 spiro atoms. The lowest BCUT2D eigenvalue weighted by atomic mass is 10.3. The highest BCUT2D eigenvalue weighted by Gasteiger charge is 2.16. The van der Waals surface area contributed by atoms with Gasteiger partial charge in [-0.15, -0.1) is 10.2 Å². The van der Waals surface area contributed by atoms with E-state index in [4.69, 9.17) is 4.42 Å². The first kappa shape index (κ1) is 15.1. The van der Waals surface area contributed by atoms with Gasteiger partial charge in [-0.05, 0) is 54.1 Å². The number of aromatic nitrogens is 2. The molecule has 0 aliphatic rings. The molecule has 0 radical (unpaired) electrons. The predicted octanol–water partition coefficient (Wildman–Crippen LogP) is 4.21. The Labute approximate surface area is 142 Å². The van der Waals surface area contributed by atoms with E-state index in [1.807, 2.05) is 0 Å². The Morgan fingerprint density at radius 1 is 1.08 bits per heavy atom. The zero-order valence-corrected chi connectivity index (χ0v) is 13.1. The Balaban J connectivity index is 1.85. The normalized spacial score (nSPS) is 11.6. The predicted molar refractivity (Wildman–Crippen MR) is 91.1 cm³/mol. The molecule has 0 saturated heterocycles. The summed E-state index contributed by atoms with van der Waals surface area (Å²) in [4.78, 5) is 4.55. The van der Waals surface area contributed by atoms with Gasteiger partial charge in [0, 0.05) is 6.20 Å². The standard InChI is InChI=1S/C18H14N4O3/c23-11-12-7-8-22-16(10-12)19-17(15-2-1-9-25-15)18(22)21-20-13-3-5-14(24)6-4-13/h1-10,23-24H,11H2. The molecule has 7 heteroatoms. The largest absolute Gasteiger partial charge is 0.508 e. The number of phenolic OH excluding ortho intramolecular Hbond substituents is 1. The van der Waals surface area contributed by atoms with Gasteiger partial charge in [0.15, 0.2) is 17.3 Å². The van der Waals surface area contributed by atoms with Gasteiger partial charge in [-0.3, -0.25) is 4.40 Å². The van der Waals surface area contributed by atoms with Gasteiger partial charge in [-0.25, -0.2) is 4.98 Å². The zero-order valence-electron chi connectivity index (χ0n) is 13.1. The summed E-state index contributed by atoms with van der Waals surface area (Å²) in [6.45, 7) is -0.0657. The van der Waals surface area contributed by atoms with Crippen LogP contribution in [-0.2, 0) is 6.61 Å². The number of pyridine rings is 1. The van der Waals surface area contributed by atoms with Crippen LogP contribution >= 0.6 is 0 Å². The van der Waals surface area contributed by atoms with Crippen molar-refractivity contribution >= 4 is 17.2 Å². The van der Waals surface area contributed by atoms with E-state index in [1.165, 1.54) is 0 Å². The Morgan fingerprint density at radius 3 is 2.64 bits per heavy atom. The second-order valence-corrected chi connectivity index (χ2v) is 5.40. The number of azo groups is 1. The minimum Gasteiger partial charge on any atom is -0.508 e. The number of aliphatic hydroxyl groups excluding tert-OH is 1. The number of imidazole rings is 1. The molecule has 2 N–H and O–H groups in total. The summed E-state index contributed by atoms with van der Waals surface area (Å²) in [7, 11) is 0. The van der Waals surface area contributed by atoms with Gasteiger partial charge in [-0.2, -0.15) is 0 Å². The van der Waals surface area contributed by atoms with Crippen molar-refractivity contribution in [3.63, 3.8) is 0 Å². The van der Waals surface area contributed by atoms with Crippen molar-refractivity contribution in [1.29, 1.82) is 0 Å². The number of furan rings is 1. The number of fused-ring (bicyclic) bond motifs is 1. The number of aromatic hydroxyl groups is 1. The van der Waals surface area contributed by atoms with Crippen molar-refractivity contribution in [2.24, 2.45) is 10.2 Å². The van der Waals surface area contributed by atoms with Crippen molar-refractivity contribution in [3.8, 4) is 17.2 Å². The summed E-state index contributed by atoms with van der Waals surface area (Å²) in [6.07, 6.45) is 3.35. The van der Waals surface area contributed by atoms with E-state index in [0.29, 0.717) is 28.6 Å². The first-order chi connectivity index (χ1) is 12.2. The van der Waals surface area contributed by atoms with Gasteiger partial charge in [-0.1, -0.05) is 0 Å². The molecule has 0 fully saturated rings. The third-order valence-corrected chi connectivity index (χ3v) is 3.71. The summed E-state index contributed by atoms with van der Waals surface area (Å²) < 4.78 is 7.23. The van der Waals surface area contributed by atoms with Gasteiger partial charge in [0.1, 0.15) is 11.4 Å². The lowest BCUT2D eigenvalue weighted by Gasteiger charge is -1.99. The lowest BCUT2D eigenvalue weighted by molar-refractivity contribution is 0.282. The van der Waals surface area contributed by atoms with Crippen molar-refractivity contribution in [2.75, 3.05) is 0 Å². The van der Waals surface area contributed by atoms with Crippen LogP contribution in [0.4, 0.5) is 11.5 Å². The SMILES string of the molecule is OCc1ccn2c(N=Nc3ccc(O)cc3)c(-c3ccco3)nc2c1. The molecule has 7 nitrogen and oxygen atoms in total. The Kier molecular flexibility index (Phi) is 3.75. The fourth-order valence-electron chi connectivity index (χ4n) is 2.47. The molecular weight excluding hydrogens is 320 g/mol. The van der Waals surface area contributed by atoms with E-state index in [2.05, 4.69) is 15.2 Å². The fraction of sp³-hybridized carbons (Fsp3) is 0.0556. The molecule has 0 aliphatic carbocycles. The minimum atomic E-state index is -0.0657. The maximum Gasteiger partial charge on any atom is 0.190 e. The molecular formula is C18H14N4O3. The number of rotatable bonds is 4. The Bertz CT molecular complexity index is 1030. The highest BCUT2D eigenvalue weighted by atomic mass is 16.3. The second-order valence-electron chi connectivity index (χ2n) is 5.40. The average molecular weight is 334 g/mol. The van der Waals surface area contributed by atoms with Gasteiger partial charge < -0.3 is 14.6 Å². The molecule has 4 rings (SSSR count). The Hall–Kier alpha value is -3.45. The molecule has 124 valence electrons. The Morgan fingerprint density at radius 2 is 1.92 bits per heavy atom. The van der Waals surface area contributed by atoms with E-state index in [1.54, 1.807) is 65.4 Å². The van der Waals surface area contributed by atoms with Crippen LogP contribution in [0, 0.1) is 0 Å². The number of hydrogen-bond acceptors (Lipinski definition) is 6. The molecule has 4 aromatic rings. The zero-order chi connectivity index (χ0) is 17.2. The van der Waals surface area contributed by atoms with Crippen molar-refractivity contribution in [1.82, 2.24) is 9.38 Å². The number of benzene rings is 1. The molecule has 0 amide bonds. The van der Waals surface area contributed by atoms with Crippen LogP contribution in [0.25, 0.3) is 17.1 Å². The molecule has 0 unspecified atom stereocenters. The first-order valence-electron chi connectivity index (χ1n) is 7.61. The average Bonchev–Trinajstić information content (AvgIpc) is 3.28. The molecule has 0 bridgehead atoms. The second kappa shape index (κ2) is 6.21. The number of hydrogen-bond donors (Lipinski definition) is 2. The van der Waals surface area contributed by atoms with Crippen LogP contribution < -0.4 is 0 Å². The number of phenols is 1. The third-order valence-electron chi connectivity index (χ3n) is 3.71. The topological polar surface area (TPSA) is 95.6 Å². The van der Waals surface area contributed by atoms with Crippen LogP contribution in [0.15, 0.2) is 75.6 Å². The van der Waals surface area contributed by atoms with Crippen LogP contribution in [0.5, 0.6) is 5.75 Å². The van der Waals surface area contributed by atoms with Gasteiger partial charge in [0.05, 0.1) is 18.6 Å². The molecule has 3 aromatic heterocycles. The van der Waals surface area contributed by atoms with E-state index in [0.717, 1.165) is 5.56 Å². The van der Waals surface area contributed by atoms with Crippen molar-refractivity contribution in [2.45, 2.75) is 6.61 Å². The van der Waals surface area contributed by atoms with Crippen LogP contribution in [-0.4, -0.2) is 19.6 Å². The quantitative estimate of drug-likeness (QED) is 0.546. The maximum atomic E-state index is 9.35. The third kappa shape index (κ3) is 2.88. The summed E-state index contributed by atoms with van der Waals surface area (Å²) >= 11 is 0. The monoisotopic (exact) mass is 334 g/mol. The molecule has 0 aliphatic heterocycles. The summed E-state index contributed by atoms with van der Waals surface area (Å²) in [5, 5.41) is 27.2. The van der Waals surface area contributed by atoms with Crippen LogP contribution in [0.2, 0.25) is 0 Å². The van der Waals surface area contributed by atoms with Gasteiger partial charge >= 0.3 is 0 Å². The van der Waals surface area contributed by atoms with E-state index in [9.17, 15) is 10.2 Å². The number of nitrogens with zero attached hydrogens (tertiary/aromatic N) is 4. The lowest BCUT2D eigenvalue weighted by Crippen LogP contribution is -1.88. The molecule has 25 heavy (non-hydrogen) atoms. The van der Waals surface area contributed by atoms with E-state index >= 15 is 0 Å². The maximum absolute atomic E-state index is 9.35. The molecule has 0 saturated carbocycles. The number of aliphatic hydroxyl groups is 1. The van der Waals surface area contributed by atoms with E-state index < -0.39 is 0 Å². The van der Waals surface area contributed by atoms with Crippen molar-refractivity contribution < 1.29 is 14.6 Å². The molecule has 1 aromatic carbocycles. The molecule has 3 heterocycles. The van der Waals surface area contributed by atoms with Gasteiger partial charge in [0.25, 0.3) is 0 Å². The minimum absolute atomic E-state index is 0.0657. The fourth-order valence-corrected chi connectivity index (χ4v) is 2.47. The molecule has 0 atom stereocenters. The highest BCUT2D eigenvalue weighted by molar-refractivity contribution is 5.71. The van der Waals surface area contributed by atoms with Crippen molar-refractivity contribution in [3.05, 3.63) is 66.6 Å². The summed E-state index contributed by atoms with van der Waals surface area (Å²) in [6, 6.07) is 13.6. The highest BCUT2D eigenvalue weighted by Crippen LogP contribution is 2.33. The van der Waals surface area contributed by atoms with Crippen LogP contribution in [0.1, 0.15) is 5.56 Å².